The molecule has 0 aromatic heterocycles. The molecule has 0 amide bonds. The second-order valence-electron chi connectivity index (χ2n) is 4.42. The van der Waals surface area contributed by atoms with Crippen molar-refractivity contribution in [3.05, 3.63) is 66.2 Å². The molecule has 0 spiro atoms. The predicted molar refractivity (Wildman–Crippen MR) is 76.3 cm³/mol. The number of non-ortho nitro benzene ring substituents is 2. The number of nitro benzene ring substituents is 2. The summed E-state index contributed by atoms with van der Waals surface area (Å²) in [4.78, 5) is 32.8. The normalized spacial score (nSPS) is 12.0. The Morgan fingerprint density at radius 3 is 2.10 bits per heavy atom. The highest BCUT2D eigenvalue weighted by molar-refractivity contribution is 9.10. The van der Waals surface area contributed by atoms with Gasteiger partial charge < -0.3 is 0 Å². The van der Waals surface area contributed by atoms with Crippen molar-refractivity contribution in [3.63, 3.8) is 0 Å². The highest BCUT2D eigenvalue weighted by Crippen LogP contribution is 2.44. The van der Waals surface area contributed by atoms with Gasteiger partial charge in [0.25, 0.3) is 11.4 Å². The number of halogens is 1. The first-order chi connectivity index (χ1) is 9.90. The molecule has 2 aromatic carbocycles. The molecule has 0 fully saturated rings. The third-order valence-corrected chi connectivity index (χ3v) is 3.88. The Morgan fingerprint density at radius 2 is 1.48 bits per heavy atom. The van der Waals surface area contributed by atoms with Gasteiger partial charge in [-0.25, -0.2) is 0 Å². The van der Waals surface area contributed by atoms with Gasteiger partial charge in [0.1, 0.15) is 0 Å². The Kier molecular flexibility index (Phi) is 2.84. The molecular weight excluding hydrogens is 344 g/mol. The lowest BCUT2D eigenvalue weighted by Crippen LogP contribution is -1.98. The average Bonchev–Trinajstić information content (AvgIpc) is 2.72. The molecule has 7 nitrogen and oxygen atoms in total. The summed E-state index contributed by atoms with van der Waals surface area (Å²) in [5.41, 5.74) is 1.00. The van der Waals surface area contributed by atoms with Crippen molar-refractivity contribution < 1.29 is 14.6 Å². The Hall–Kier alpha value is -2.61. The van der Waals surface area contributed by atoms with Gasteiger partial charge in [-0.15, -0.1) is 0 Å². The first-order valence-electron chi connectivity index (χ1n) is 5.71. The molecule has 0 bridgehead atoms. The molecule has 104 valence electrons. The minimum atomic E-state index is -0.593. The predicted octanol–water partition coefficient (Wildman–Crippen LogP) is 3.48. The number of hydrogen-bond acceptors (Lipinski definition) is 5. The van der Waals surface area contributed by atoms with E-state index in [1.54, 1.807) is 0 Å². The third-order valence-electron chi connectivity index (χ3n) is 3.26. The molecule has 3 rings (SSSR count). The summed E-state index contributed by atoms with van der Waals surface area (Å²) < 4.78 is 0.410. The van der Waals surface area contributed by atoms with Crippen molar-refractivity contribution in [2.24, 2.45) is 0 Å². The summed E-state index contributed by atoms with van der Waals surface area (Å²) in [6.45, 7) is 0. The molecule has 0 N–H and O–H groups in total. The van der Waals surface area contributed by atoms with E-state index in [9.17, 15) is 25.0 Å². The molecule has 0 atom stereocenters. The molecule has 0 heterocycles. The quantitative estimate of drug-likeness (QED) is 0.520. The highest BCUT2D eigenvalue weighted by atomic mass is 79.9. The van der Waals surface area contributed by atoms with E-state index in [0.717, 1.165) is 0 Å². The van der Waals surface area contributed by atoms with Crippen LogP contribution in [-0.4, -0.2) is 15.6 Å². The number of rotatable bonds is 2. The molecule has 1 aliphatic carbocycles. The number of carbonyl (C=O) groups excluding carboxylic acids is 1. The number of nitrogens with zero attached hydrogens (tertiary/aromatic N) is 2. The van der Waals surface area contributed by atoms with Gasteiger partial charge in [-0.1, -0.05) is 0 Å². The van der Waals surface area contributed by atoms with Gasteiger partial charge in [0.15, 0.2) is 5.78 Å². The summed E-state index contributed by atoms with van der Waals surface area (Å²) in [7, 11) is 0. The first kappa shape index (κ1) is 13.4. The zero-order valence-corrected chi connectivity index (χ0v) is 11.8. The van der Waals surface area contributed by atoms with Gasteiger partial charge in [-0.3, -0.25) is 25.0 Å². The van der Waals surface area contributed by atoms with Crippen LogP contribution in [0.2, 0.25) is 0 Å². The fourth-order valence-electron chi connectivity index (χ4n) is 2.35. The van der Waals surface area contributed by atoms with Crippen LogP contribution in [0.3, 0.4) is 0 Å². The second-order valence-corrected chi connectivity index (χ2v) is 5.28. The SMILES string of the molecule is O=C1c2cc([N+](=O)[O-])ccc2-c2c(Br)cc([N+](=O)[O-])cc21. The van der Waals surface area contributed by atoms with Crippen LogP contribution in [0.4, 0.5) is 11.4 Å². The summed E-state index contributed by atoms with van der Waals surface area (Å²) in [5.74, 6) is -0.451. The molecule has 8 heteroatoms. The molecule has 21 heavy (non-hydrogen) atoms. The van der Waals surface area contributed by atoms with Crippen molar-refractivity contribution in [2.45, 2.75) is 0 Å². The number of fused-ring (bicyclic) bond motifs is 3. The molecule has 1 aliphatic rings. The maximum absolute atomic E-state index is 12.3. The van der Waals surface area contributed by atoms with E-state index in [1.165, 1.54) is 30.3 Å². The van der Waals surface area contributed by atoms with Gasteiger partial charge in [-0.2, -0.15) is 0 Å². The first-order valence-corrected chi connectivity index (χ1v) is 6.51. The number of carbonyl (C=O) groups is 1. The molecule has 0 radical (unpaired) electrons. The molecule has 0 saturated heterocycles. The van der Waals surface area contributed by atoms with Crippen LogP contribution in [0.5, 0.6) is 0 Å². The second kappa shape index (κ2) is 4.45. The van der Waals surface area contributed by atoms with E-state index in [1.807, 2.05) is 0 Å². The summed E-state index contributed by atoms with van der Waals surface area (Å²) >= 11 is 3.22. The smallest absolute Gasteiger partial charge is 0.271 e. The standard InChI is InChI=1S/C13H5BrN2O5/c14-11-5-7(16(20)21)4-10-12(11)8-2-1-6(15(18)19)3-9(8)13(10)17/h1-5H. The number of hydrogen-bond donors (Lipinski definition) is 0. The van der Waals surface area contributed by atoms with Crippen molar-refractivity contribution in [1.29, 1.82) is 0 Å². The summed E-state index contributed by atoms with van der Waals surface area (Å²) in [6.07, 6.45) is 0. The van der Waals surface area contributed by atoms with Crippen LogP contribution in [-0.2, 0) is 0 Å². The summed E-state index contributed by atoms with van der Waals surface area (Å²) in [6, 6.07) is 6.47. The Labute approximate surface area is 125 Å². The number of nitro groups is 2. The van der Waals surface area contributed by atoms with E-state index >= 15 is 0 Å². The van der Waals surface area contributed by atoms with Gasteiger partial charge in [0.05, 0.1) is 9.85 Å². The van der Waals surface area contributed by atoms with Crippen LogP contribution in [0.1, 0.15) is 15.9 Å². The topological polar surface area (TPSA) is 103 Å². The van der Waals surface area contributed by atoms with Crippen molar-refractivity contribution >= 4 is 33.1 Å². The Balaban J connectivity index is 2.28. The minimum absolute atomic E-state index is 0.173. The van der Waals surface area contributed by atoms with E-state index < -0.39 is 15.6 Å². The lowest BCUT2D eigenvalue weighted by molar-refractivity contribution is -0.385. The Morgan fingerprint density at radius 1 is 0.857 bits per heavy atom. The largest absolute Gasteiger partial charge is 0.289 e. The molecule has 2 aromatic rings. The van der Waals surface area contributed by atoms with Crippen molar-refractivity contribution in [3.8, 4) is 11.1 Å². The van der Waals surface area contributed by atoms with Crippen LogP contribution < -0.4 is 0 Å². The fourth-order valence-corrected chi connectivity index (χ4v) is 3.01. The van der Waals surface area contributed by atoms with Gasteiger partial charge >= 0.3 is 0 Å². The molecular formula is C13H5BrN2O5. The van der Waals surface area contributed by atoms with Crippen LogP contribution in [0.15, 0.2) is 34.8 Å². The molecule has 0 unspecified atom stereocenters. The van der Waals surface area contributed by atoms with Gasteiger partial charge in [0.2, 0.25) is 0 Å². The van der Waals surface area contributed by atoms with Crippen LogP contribution in [0.25, 0.3) is 11.1 Å². The van der Waals surface area contributed by atoms with Gasteiger partial charge in [-0.05, 0) is 27.6 Å². The number of ketones is 1. The number of benzene rings is 2. The zero-order valence-electron chi connectivity index (χ0n) is 10.2. The average molecular weight is 349 g/mol. The van der Waals surface area contributed by atoms with E-state index in [-0.39, 0.29) is 22.5 Å². The van der Waals surface area contributed by atoms with Crippen LogP contribution in [0, 0.1) is 20.2 Å². The molecule has 0 saturated carbocycles. The van der Waals surface area contributed by atoms with Crippen LogP contribution >= 0.6 is 15.9 Å². The van der Waals surface area contributed by atoms with E-state index in [4.69, 9.17) is 0 Å². The van der Waals surface area contributed by atoms with Gasteiger partial charge in [0, 0.05) is 45.4 Å². The maximum Gasteiger partial charge on any atom is 0.271 e. The highest BCUT2D eigenvalue weighted by Gasteiger charge is 2.32. The van der Waals surface area contributed by atoms with E-state index in [2.05, 4.69) is 15.9 Å². The summed E-state index contributed by atoms with van der Waals surface area (Å²) in [5, 5.41) is 21.6. The lowest BCUT2D eigenvalue weighted by atomic mass is 10.1. The Bertz CT molecular complexity index is 847. The zero-order chi connectivity index (χ0) is 15.3. The maximum atomic E-state index is 12.3. The lowest BCUT2D eigenvalue weighted by Gasteiger charge is -2.03. The fraction of sp³-hybridized carbons (Fsp3) is 0. The third kappa shape index (κ3) is 1.91. The minimum Gasteiger partial charge on any atom is -0.289 e. The van der Waals surface area contributed by atoms with Crippen molar-refractivity contribution in [1.82, 2.24) is 0 Å². The molecule has 0 aliphatic heterocycles. The van der Waals surface area contributed by atoms with E-state index in [0.29, 0.717) is 15.6 Å². The monoisotopic (exact) mass is 348 g/mol. The van der Waals surface area contributed by atoms with Crippen molar-refractivity contribution in [2.75, 3.05) is 0 Å².